The lowest BCUT2D eigenvalue weighted by Crippen LogP contribution is -2.43. The van der Waals surface area contributed by atoms with E-state index in [1.165, 1.54) is 45.3 Å². The molecule has 0 radical (unpaired) electrons. The van der Waals surface area contributed by atoms with Crippen LogP contribution in [-0.4, -0.2) is 30.6 Å². The van der Waals surface area contributed by atoms with Gasteiger partial charge in [-0.15, -0.1) is 0 Å². The fourth-order valence-electron chi connectivity index (χ4n) is 3.04. The van der Waals surface area contributed by atoms with Crippen molar-refractivity contribution in [2.45, 2.75) is 45.2 Å². The Labute approximate surface area is 110 Å². The highest BCUT2D eigenvalue weighted by Crippen LogP contribution is 2.35. The monoisotopic (exact) mass is 248 g/mol. The summed E-state index contributed by atoms with van der Waals surface area (Å²) < 4.78 is 5.51. The van der Waals surface area contributed by atoms with Gasteiger partial charge in [-0.25, -0.2) is 0 Å². The topological polar surface area (TPSA) is 28.4 Å². The highest BCUT2D eigenvalue weighted by atomic mass is 16.3. The van der Waals surface area contributed by atoms with Crippen LogP contribution in [0.25, 0.3) is 0 Å². The number of nitrogens with zero attached hydrogens (tertiary/aromatic N) is 1. The van der Waals surface area contributed by atoms with Crippen molar-refractivity contribution in [2.75, 3.05) is 19.6 Å². The Morgan fingerprint density at radius 3 is 2.78 bits per heavy atom. The van der Waals surface area contributed by atoms with Crippen LogP contribution in [0.5, 0.6) is 0 Å². The predicted molar refractivity (Wildman–Crippen MR) is 72.4 cm³/mol. The molecule has 3 nitrogen and oxygen atoms in total. The van der Waals surface area contributed by atoms with E-state index in [0.29, 0.717) is 5.41 Å². The lowest BCUT2D eigenvalue weighted by atomic mass is 9.80. The summed E-state index contributed by atoms with van der Waals surface area (Å²) in [6.45, 7) is 7.01. The molecule has 1 aromatic heterocycles. The number of hydrogen-bond acceptors (Lipinski definition) is 3. The van der Waals surface area contributed by atoms with Crippen LogP contribution in [0.4, 0.5) is 0 Å². The first-order valence-corrected chi connectivity index (χ1v) is 7.22. The van der Waals surface area contributed by atoms with Gasteiger partial charge in [-0.05, 0) is 56.3 Å². The molecule has 2 heterocycles. The first-order chi connectivity index (χ1) is 8.75. The standard InChI is InChI=1S/C15H24N2O/c1-15(6-8-16-9-7-15)12-17(13-4-5-13)11-14-3-2-10-18-14/h2-3,10,13,16H,4-9,11-12H2,1H3. The highest BCUT2D eigenvalue weighted by Gasteiger charge is 2.36. The molecule has 1 aliphatic heterocycles. The molecule has 1 aromatic rings. The van der Waals surface area contributed by atoms with Crippen LogP contribution in [0.3, 0.4) is 0 Å². The minimum absolute atomic E-state index is 0.487. The first kappa shape index (κ1) is 12.2. The number of furan rings is 1. The van der Waals surface area contributed by atoms with E-state index >= 15 is 0 Å². The van der Waals surface area contributed by atoms with Crippen molar-refractivity contribution in [1.82, 2.24) is 10.2 Å². The molecule has 0 aromatic carbocycles. The van der Waals surface area contributed by atoms with E-state index in [4.69, 9.17) is 4.42 Å². The van der Waals surface area contributed by atoms with Gasteiger partial charge in [-0.3, -0.25) is 4.90 Å². The van der Waals surface area contributed by atoms with E-state index in [-0.39, 0.29) is 0 Å². The highest BCUT2D eigenvalue weighted by molar-refractivity contribution is 5.00. The minimum atomic E-state index is 0.487. The summed E-state index contributed by atoms with van der Waals surface area (Å²) >= 11 is 0. The van der Waals surface area contributed by atoms with Gasteiger partial charge in [-0.1, -0.05) is 6.92 Å². The maximum atomic E-state index is 5.51. The van der Waals surface area contributed by atoms with E-state index in [2.05, 4.69) is 23.2 Å². The van der Waals surface area contributed by atoms with Gasteiger partial charge in [-0.2, -0.15) is 0 Å². The Morgan fingerprint density at radius 1 is 1.39 bits per heavy atom. The van der Waals surface area contributed by atoms with Gasteiger partial charge in [0.1, 0.15) is 5.76 Å². The Hall–Kier alpha value is -0.800. The van der Waals surface area contributed by atoms with Crippen LogP contribution in [0.1, 0.15) is 38.4 Å². The second-order valence-electron chi connectivity index (χ2n) is 6.28. The Bertz CT molecular complexity index is 364. The van der Waals surface area contributed by atoms with Crippen molar-refractivity contribution in [2.24, 2.45) is 5.41 Å². The predicted octanol–water partition coefficient (Wildman–Crippen LogP) is 2.63. The van der Waals surface area contributed by atoms with Gasteiger partial charge in [0.15, 0.2) is 0 Å². The maximum absolute atomic E-state index is 5.51. The van der Waals surface area contributed by atoms with Crippen molar-refractivity contribution < 1.29 is 4.42 Å². The van der Waals surface area contributed by atoms with Crippen molar-refractivity contribution in [1.29, 1.82) is 0 Å². The van der Waals surface area contributed by atoms with E-state index in [1.54, 1.807) is 6.26 Å². The van der Waals surface area contributed by atoms with Gasteiger partial charge in [0, 0.05) is 12.6 Å². The molecule has 0 atom stereocenters. The van der Waals surface area contributed by atoms with Crippen LogP contribution >= 0.6 is 0 Å². The van der Waals surface area contributed by atoms with E-state index in [1.807, 2.05) is 6.07 Å². The second kappa shape index (κ2) is 5.06. The van der Waals surface area contributed by atoms with Crippen molar-refractivity contribution >= 4 is 0 Å². The van der Waals surface area contributed by atoms with Gasteiger partial charge in [0.2, 0.25) is 0 Å². The molecule has 2 aliphatic rings. The van der Waals surface area contributed by atoms with Crippen LogP contribution in [-0.2, 0) is 6.54 Å². The Kier molecular flexibility index (Phi) is 3.44. The Balaban J connectivity index is 1.62. The molecule has 0 spiro atoms. The van der Waals surface area contributed by atoms with Gasteiger partial charge in [0.05, 0.1) is 12.8 Å². The second-order valence-corrected chi connectivity index (χ2v) is 6.28. The lowest BCUT2D eigenvalue weighted by Gasteiger charge is -2.38. The van der Waals surface area contributed by atoms with Crippen molar-refractivity contribution in [3.63, 3.8) is 0 Å². The molecule has 1 N–H and O–H groups in total. The van der Waals surface area contributed by atoms with Gasteiger partial charge < -0.3 is 9.73 Å². The third-order valence-electron chi connectivity index (χ3n) is 4.40. The molecule has 1 saturated carbocycles. The summed E-state index contributed by atoms with van der Waals surface area (Å²) in [7, 11) is 0. The molecule has 2 fully saturated rings. The number of nitrogens with one attached hydrogen (secondary N) is 1. The number of rotatable bonds is 5. The summed E-state index contributed by atoms with van der Waals surface area (Å²) in [5, 5.41) is 3.47. The molecule has 18 heavy (non-hydrogen) atoms. The van der Waals surface area contributed by atoms with E-state index in [0.717, 1.165) is 18.3 Å². The first-order valence-electron chi connectivity index (χ1n) is 7.22. The van der Waals surface area contributed by atoms with Crippen LogP contribution in [0.15, 0.2) is 22.8 Å². The normalized spacial score (nSPS) is 23.4. The zero-order chi connectivity index (χ0) is 12.4. The molecule has 100 valence electrons. The molecular weight excluding hydrogens is 224 g/mol. The average Bonchev–Trinajstić information content (AvgIpc) is 3.09. The maximum Gasteiger partial charge on any atom is 0.117 e. The Morgan fingerprint density at radius 2 is 2.17 bits per heavy atom. The zero-order valence-electron chi connectivity index (χ0n) is 11.3. The third-order valence-corrected chi connectivity index (χ3v) is 4.40. The van der Waals surface area contributed by atoms with Crippen LogP contribution < -0.4 is 5.32 Å². The molecule has 3 rings (SSSR count). The van der Waals surface area contributed by atoms with E-state index in [9.17, 15) is 0 Å². The fraction of sp³-hybridized carbons (Fsp3) is 0.733. The third kappa shape index (κ3) is 2.96. The zero-order valence-corrected chi connectivity index (χ0v) is 11.3. The van der Waals surface area contributed by atoms with Crippen molar-refractivity contribution in [3.8, 4) is 0 Å². The smallest absolute Gasteiger partial charge is 0.117 e. The largest absolute Gasteiger partial charge is 0.468 e. The minimum Gasteiger partial charge on any atom is -0.468 e. The molecule has 0 bridgehead atoms. The van der Waals surface area contributed by atoms with Gasteiger partial charge >= 0.3 is 0 Å². The van der Waals surface area contributed by atoms with Crippen LogP contribution in [0.2, 0.25) is 0 Å². The molecule has 1 saturated heterocycles. The average molecular weight is 248 g/mol. The molecule has 0 amide bonds. The van der Waals surface area contributed by atoms with Crippen LogP contribution in [0, 0.1) is 5.41 Å². The van der Waals surface area contributed by atoms with Crippen molar-refractivity contribution in [3.05, 3.63) is 24.2 Å². The summed E-state index contributed by atoms with van der Waals surface area (Å²) in [6.07, 6.45) is 7.12. The summed E-state index contributed by atoms with van der Waals surface area (Å²) in [5.41, 5.74) is 0.487. The summed E-state index contributed by atoms with van der Waals surface area (Å²) in [6, 6.07) is 4.90. The lowest BCUT2D eigenvalue weighted by molar-refractivity contribution is 0.111. The van der Waals surface area contributed by atoms with Gasteiger partial charge in [0.25, 0.3) is 0 Å². The molecule has 1 aliphatic carbocycles. The summed E-state index contributed by atoms with van der Waals surface area (Å²) in [4.78, 5) is 2.64. The molecular formula is C15H24N2O. The molecule has 0 unspecified atom stereocenters. The summed E-state index contributed by atoms with van der Waals surface area (Å²) in [5.74, 6) is 1.11. The fourth-order valence-corrected chi connectivity index (χ4v) is 3.04. The SMILES string of the molecule is CC1(CN(Cc2ccco2)C2CC2)CCNCC1. The molecule has 3 heteroatoms. The number of hydrogen-bond donors (Lipinski definition) is 1. The number of piperidine rings is 1. The van der Waals surface area contributed by atoms with E-state index < -0.39 is 0 Å². The quantitative estimate of drug-likeness (QED) is 0.868.